The third-order valence-corrected chi connectivity index (χ3v) is 1.19. The summed E-state index contributed by atoms with van der Waals surface area (Å²) in [5, 5.41) is 6.68. The van der Waals surface area contributed by atoms with Crippen LogP contribution < -0.4 is 4.74 Å². The van der Waals surface area contributed by atoms with Crippen LogP contribution >= 0.6 is 11.6 Å². The van der Waals surface area contributed by atoms with Crippen LogP contribution in [0.3, 0.4) is 0 Å². The zero-order valence-electron chi connectivity index (χ0n) is 6.18. The molecule has 0 spiro atoms. The SMILES string of the molecule is FC(F)(F)COc1ccc(Cl)nn1. The minimum Gasteiger partial charge on any atom is -0.467 e. The van der Waals surface area contributed by atoms with Gasteiger partial charge in [-0.3, -0.25) is 0 Å². The molecule has 1 rings (SSSR count). The third-order valence-electron chi connectivity index (χ3n) is 0.991. The Hall–Kier alpha value is -1.04. The number of ether oxygens (including phenoxy) is 1. The third kappa shape index (κ3) is 3.93. The van der Waals surface area contributed by atoms with E-state index < -0.39 is 12.8 Å². The maximum Gasteiger partial charge on any atom is 0.422 e. The largest absolute Gasteiger partial charge is 0.467 e. The highest BCUT2D eigenvalue weighted by Gasteiger charge is 2.28. The highest BCUT2D eigenvalue weighted by atomic mass is 35.5. The fraction of sp³-hybridized carbons (Fsp3) is 0.333. The minimum absolute atomic E-state index is 0.0966. The van der Waals surface area contributed by atoms with E-state index in [1.807, 2.05) is 0 Å². The monoisotopic (exact) mass is 212 g/mol. The maximum absolute atomic E-state index is 11.6. The van der Waals surface area contributed by atoms with Crippen LogP contribution in [0.2, 0.25) is 5.15 Å². The molecule has 0 atom stereocenters. The van der Waals surface area contributed by atoms with Crippen molar-refractivity contribution in [3.63, 3.8) is 0 Å². The van der Waals surface area contributed by atoms with Crippen LogP contribution in [0.25, 0.3) is 0 Å². The molecule has 0 saturated carbocycles. The van der Waals surface area contributed by atoms with Crippen molar-refractivity contribution < 1.29 is 17.9 Å². The van der Waals surface area contributed by atoms with Crippen LogP contribution in [0, 0.1) is 0 Å². The Labute approximate surface area is 76.5 Å². The fourth-order valence-electron chi connectivity index (χ4n) is 0.537. The van der Waals surface area contributed by atoms with E-state index in [0.29, 0.717) is 0 Å². The molecular formula is C6H4ClF3N2O. The lowest BCUT2D eigenvalue weighted by molar-refractivity contribution is -0.154. The number of hydrogen-bond donors (Lipinski definition) is 0. The summed E-state index contributed by atoms with van der Waals surface area (Å²) >= 11 is 5.35. The van der Waals surface area contributed by atoms with Gasteiger partial charge in [-0.15, -0.1) is 10.2 Å². The number of nitrogens with zero attached hydrogens (tertiary/aromatic N) is 2. The number of hydrogen-bond acceptors (Lipinski definition) is 3. The summed E-state index contributed by atoms with van der Waals surface area (Å²) in [6.07, 6.45) is -4.37. The van der Waals surface area contributed by atoms with Crippen LogP contribution in [-0.2, 0) is 0 Å². The summed E-state index contributed by atoms with van der Waals surface area (Å²) in [5.74, 6) is -0.207. The molecule has 0 unspecified atom stereocenters. The molecule has 0 fully saturated rings. The van der Waals surface area contributed by atoms with Gasteiger partial charge in [0.05, 0.1) is 0 Å². The van der Waals surface area contributed by atoms with Crippen molar-refractivity contribution in [1.82, 2.24) is 10.2 Å². The first-order valence-corrected chi connectivity index (χ1v) is 3.54. The summed E-state index contributed by atoms with van der Waals surface area (Å²) in [4.78, 5) is 0. The summed E-state index contributed by atoms with van der Waals surface area (Å²) in [6, 6.07) is 2.50. The first-order chi connectivity index (χ1) is 5.97. The minimum atomic E-state index is -4.37. The topological polar surface area (TPSA) is 35.0 Å². The van der Waals surface area contributed by atoms with Gasteiger partial charge in [-0.1, -0.05) is 11.6 Å². The van der Waals surface area contributed by atoms with Gasteiger partial charge in [0, 0.05) is 6.07 Å². The van der Waals surface area contributed by atoms with E-state index in [4.69, 9.17) is 11.6 Å². The zero-order chi connectivity index (χ0) is 9.90. The highest BCUT2D eigenvalue weighted by Crippen LogP contribution is 2.16. The molecule has 1 heterocycles. The second-order valence-electron chi connectivity index (χ2n) is 2.10. The lowest BCUT2D eigenvalue weighted by Gasteiger charge is -2.06. The standard InChI is InChI=1S/C6H4ClF3N2O/c7-4-1-2-5(12-11-4)13-3-6(8,9)10/h1-2H,3H2. The van der Waals surface area contributed by atoms with Crippen LogP contribution in [-0.4, -0.2) is 23.0 Å². The molecule has 1 aromatic rings. The highest BCUT2D eigenvalue weighted by molar-refractivity contribution is 6.29. The summed E-state index contributed by atoms with van der Waals surface area (Å²) in [5.41, 5.74) is 0. The Morgan fingerprint density at radius 1 is 1.31 bits per heavy atom. The number of alkyl halides is 3. The Morgan fingerprint density at radius 2 is 2.00 bits per heavy atom. The fourth-order valence-corrected chi connectivity index (χ4v) is 0.637. The van der Waals surface area contributed by atoms with Crippen molar-refractivity contribution in [2.24, 2.45) is 0 Å². The van der Waals surface area contributed by atoms with Crippen LogP contribution in [0.5, 0.6) is 5.88 Å². The molecule has 0 aliphatic carbocycles. The average Bonchev–Trinajstić information content (AvgIpc) is 2.02. The van der Waals surface area contributed by atoms with Crippen LogP contribution in [0.15, 0.2) is 12.1 Å². The van der Waals surface area contributed by atoms with Crippen LogP contribution in [0.1, 0.15) is 0 Å². The number of aromatic nitrogens is 2. The quantitative estimate of drug-likeness (QED) is 0.753. The van der Waals surface area contributed by atoms with Crippen LogP contribution in [0.4, 0.5) is 13.2 Å². The van der Waals surface area contributed by atoms with Crippen molar-refractivity contribution in [3.05, 3.63) is 17.3 Å². The molecule has 1 aromatic heterocycles. The van der Waals surface area contributed by atoms with Gasteiger partial charge in [-0.2, -0.15) is 13.2 Å². The van der Waals surface area contributed by atoms with Crippen molar-refractivity contribution in [3.8, 4) is 5.88 Å². The first kappa shape index (κ1) is 10.0. The average molecular weight is 213 g/mol. The predicted molar refractivity (Wildman–Crippen MR) is 38.6 cm³/mol. The molecule has 0 saturated heterocycles. The van der Waals surface area contributed by atoms with E-state index in [1.54, 1.807) is 0 Å². The molecular weight excluding hydrogens is 209 g/mol. The van der Waals surface area contributed by atoms with E-state index in [1.165, 1.54) is 12.1 Å². The molecule has 0 amide bonds. The first-order valence-electron chi connectivity index (χ1n) is 3.16. The molecule has 0 aromatic carbocycles. The number of halogens is 4. The molecule has 3 nitrogen and oxygen atoms in total. The van der Waals surface area contributed by atoms with Crippen molar-refractivity contribution in [2.45, 2.75) is 6.18 Å². The van der Waals surface area contributed by atoms with E-state index >= 15 is 0 Å². The van der Waals surface area contributed by atoms with Gasteiger partial charge >= 0.3 is 6.18 Å². The van der Waals surface area contributed by atoms with E-state index in [-0.39, 0.29) is 11.0 Å². The smallest absolute Gasteiger partial charge is 0.422 e. The molecule has 13 heavy (non-hydrogen) atoms. The van der Waals surface area contributed by atoms with Gasteiger partial charge < -0.3 is 4.74 Å². The molecule has 7 heteroatoms. The lowest BCUT2D eigenvalue weighted by Crippen LogP contribution is -2.19. The molecule has 0 N–H and O–H groups in total. The van der Waals surface area contributed by atoms with Crippen molar-refractivity contribution >= 4 is 11.6 Å². The lowest BCUT2D eigenvalue weighted by atomic mass is 10.6. The van der Waals surface area contributed by atoms with Gasteiger partial charge in [0.2, 0.25) is 5.88 Å². The Balaban J connectivity index is 2.51. The molecule has 0 bridgehead atoms. The van der Waals surface area contributed by atoms with Gasteiger partial charge in [0.15, 0.2) is 11.8 Å². The summed E-state index contributed by atoms with van der Waals surface area (Å²) in [6.45, 7) is -1.39. The summed E-state index contributed by atoms with van der Waals surface area (Å²) < 4.78 is 39.1. The number of rotatable bonds is 2. The predicted octanol–water partition coefficient (Wildman–Crippen LogP) is 2.07. The van der Waals surface area contributed by atoms with E-state index in [2.05, 4.69) is 14.9 Å². The van der Waals surface area contributed by atoms with Crippen molar-refractivity contribution in [1.29, 1.82) is 0 Å². The second kappa shape index (κ2) is 3.78. The van der Waals surface area contributed by atoms with E-state index in [0.717, 1.165) is 0 Å². The van der Waals surface area contributed by atoms with Crippen molar-refractivity contribution in [2.75, 3.05) is 6.61 Å². The molecule has 72 valence electrons. The second-order valence-corrected chi connectivity index (χ2v) is 2.49. The van der Waals surface area contributed by atoms with Gasteiger partial charge in [0.25, 0.3) is 0 Å². The normalized spacial score (nSPS) is 11.4. The molecule has 0 aliphatic rings. The van der Waals surface area contributed by atoms with Gasteiger partial charge in [0.1, 0.15) is 0 Å². The van der Waals surface area contributed by atoms with Gasteiger partial charge in [-0.25, -0.2) is 0 Å². The Bertz CT molecular complexity index is 274. The summed E-state index contributed by atoms with van der Waals surface area (Å²) in [7, 11) is 0. The van der Waals surface area contributed by atoms with Gasteiger partial charge in [-0.05, 0) is 6.07 Å². The Morgan fingerprint density at radius 3 is 2.46 bits per heavy atom. The molecule has 0 radical (unpaired) electrons. The molecule has 0 aliphatic heterocycles. The maximum atomic E-state index is 11.6. The Kier molecular flexibility index (Phi) is 2.92. The van der Waals surface area contributed by atoms with E-state index in [9.17, 15) is 13.2 Å². The zero-order valence-corrected chi connectivity index (χ0v) is 6.93.